The highest BCUT2D eigenvalue weighted by Crippen LogP contribution is 2.23. The zero-order valence-corrected chi connectivity index (χ0v) is 13.9. The van der Waals surface area contributed by atoms with Gasteiger partial charge < -0.3 is 10.5 Å². The second-order valence-corrected chi connectivity index (χ2v) is 7.70. The van der Waals surface area contributed by atoms with Crippen LogP contribution in [0.3, 0.4) is 0 Å². The Kier molecular flexibility index (Phi) is 5.00. The van der Waals surface area contributed by atoms with Gasteiger partial charge in [0.15, 0.2) is 0 Å². The molecule has 1 atom stereocenters. The Morgan fingerprint density at radius 2 is 2.30 bits per heavy atom. The average Bonchev–Trinajstić information content (AvgIpc) is 2.82. The van der Waals surface area contributed by atoms with Crippen LogP contribution in [0.2, 0.25) is 0 Å². The van der Waals surface area contributed by atoms with Gasteiger partial charge in [0.05, 0.1) is 17.5 Å². The van der Waals surface area contributed by atoms with E-state index in [1.807, 2.05) is 0 Å². The number of ether oxygens (including phenoxy) is 1. The van der Waals surface area contributed by atoms with E-state index >= 15 is 0 Å². The molecule has 20 heavy (non-hydrogen) atoms. The van der Waals surface area contributed by atoms with Crippen LogP contribution in [0.4, 0.5) is 5.69 Å². The normalized spacial score (nSPS) is 18.9. The summed E-state index contributed by atoms with van der Waals surface area (Å²) in [5.41, 5.74) is 6.50. The lowest BCUT2D eigenvalue weighted by Crippen LogP contribution is -2.26. The molecule has 1 heterocycles. The van der Waals surface area contributed by atoms with Crippen molar-refractivity contribution < 1.29 is 13.2 Å². The Labute approximate surface area is 132 Å². The van der Waals surface area contributed by atoms with Crippen LogP contribution in [0.5, 0.6) is 0 Å². The predicted molar refractivity (Wildman–Crippen MR) is 86.4 cm³/mol. The minimum absolute atomic E-state index is 0.0557. The molecular weight excluding hydrogens is 364 g/mol. The molecule has 0 spiro atoms. The number of sulfonamides is 1. The maximum Gasteiger partial charge on any atom is 0.235 e. The lowest BCUT2D eigenvalue weighted by atomic mass is 10.2. The number of thiocarbonyl (C=S) groups is 1. The fourth-order valence-corrected chi connectivity index (χ4v) is 3.92. The van der Waals surface area contributed by atoms with Crippen LogP contribution in [0.15, 0.2) is 22.7 Å². The number of nitrogens with one attached hydrogen (secondary N) is 1. The molecule has 1 aliphatic rings. The monoisotopic (exact) mass is 378 g/mol. The molecule has 1 aromatic rings. The van der Waals surface area contributed by atoms with Crippen molar-refractivity contribution in [2.45, 2.75) is 18.9 Å². The lowest BCUT2D eigenvalue weighted by molar-refractivity contribution is 0.127. The molecule has 0 radical (unpaired) electrons. The molecule has 0 aromatic heterocycles. The maximum atomic E-state index is 12.1. The summed E-state index contributed by atoms with van der Waals surface area (Å²) in [5.74, 6) is -0.0557. The summed E-state index contributed by atoms with van der Waals surface area (Å²) in [4.78, 5) is 0.140. The van der Waals surface area contributed by atoms with Crippen LogP contribution in [0.1, 0.15) is 18.4 Å². The number of anilines is 1. The molecule has 0 saturated carbocycles. The number of nitrogens with two attached hydrogens (primary N) is 1. The number of hydrogen-bond donors (Lipinski definition) is 2. The third-order valence-corrected chi connectivity index (χ3v) is 5.00. The number of hydrogen-bond acceptors (Lipinski definition) is 4. The van der Waals surface area contributed by atoms with Crippen molar-refractivity contribution in [3.63, 3.8) is 0 Å². The van der Waals surface area contributed by atoms with Crippen LogP contribution in [0.25, 0.3) is 0 Å². The van der Waals surface area contributed by atoms with Gasteiger partial charge in [-0.25, -0.2) is 8.42 Å². The Morgan fingerprint density at radius 1 is 1.55 bits per heavy atom. The van der Waals surface area contributed by atoms with E-state index in [0.29, 0.717) is 17.9 Å². The smallest absolute Gasteiger partial charge is 0.235 e. The van der Waals surface area contributed by atoms with E-state index in [2.05, 4.69) is 20.7 Å². The van der Waals surface area contributed by atoms with Crippen molar-refractivity contribution in [1.29, 1.82) is 0 Å². The molecule has 110 valence electrons. The minimum atomic E-state index is -3.49. The Bertz CT molecular complexity index is 613. The van der Waals surface area contributed by atoms with Crippen molar-refractivity contribution in [1.82, 2.24) is 0 Å². The summed E-state index contributed by atoms with van der Waals surface area (Å²) in [6, 6.07) is 5.05. The highest BCUT2D eigenvalue weighted by atomic mass is 79.9. The van der Waals surface area contributed by atoms with E-state index in [1.54, 1.807) is 18.2 Å². The molecule has 8 heteroatoms. The molecule has 1 unspecified atom stereocenters. The van der Waals surface area contributed by atoms with Gasteiger partial charge in [-0.2, -0.15) is 0 Å². The zero-order valence-electron chi connectivity index (χ0n) is 10.6. The molecule has 0 amide bonds. The Hall–Kier alpha value is -0.700. The van der Waals surface area contributed by atoms with Crippen molar-refractivity contribution in [2.24, 2.45) is 5.73 Å². The Balaban J connectivity index is 2.18. The minimum Gasteiger partial charge on any atom is -0.389 e. The molecule has 5 nitrogen and oxygen atoms in total. The van der Waals surface area contributed by atoms with Crippen molar-refractivity contribution in [3.05, 3.63) is 28.2 Å². The van der Waals surface area contributed by atoms with E-state index < -0.39 is 10.0 Å². The van der Waals surface area contributed by atoms with Gasteiger partial charge in [-0.15, -0.1) is 0 Å². The van der Waals surface area contributed by atoms with Gasteiger partial charge in [0.25, 0.3) is 0 Å². The molecule has 0 bridgehead atoms. The van der Waals surface area contributed by atoms with E-state index in [0.717, 1.165) is 17.3 Å². The van der Waals surface area contributed by atoms with Crippen LogP contribution in [-0.4, -0.2) is 31.9 Å². The maximum absolute atomic E-state index is 12.1. The SMILES string of the molecule is NC(=S)c1cc(Br)ccc1NS(=O)(=O)CC1CCCO1. The topological polar surface area (TPSA) is 81.4 Å². The molecule has 2 rings (SSSR count). The van der Waals surface area contributed by atoms with Crippen molar-refractivity contribution >= 4 is 48.8 Å². The average molecular weight is 379 g/mol. The zero-order chi connectivity index (χ0) is 14.8. The molecule has 1 fully saturated rings. The number of halogens is 1. The first-order chi connectivity index (χ1) is 9.37. The fourth-order valence-electron chi connectivity index (χ4n) is 2.04. The van der Waals surface area contributed by atoms with Crippen LogP contribution in [-0.2, 0) is 14.8 Å². The number of benzene rings is 1. The summed E-state index contributed by atoms with van der Waals surface area (Å²) in [6.07, 6.45) is 1.43. The fraction of sp³-hybridized carbons (Fsp3) is 0.417. The second kappa shape index (κ2) is 6.38. The molecule has 3 N–H and O–H groups in total. The third kappa shape index (κ3) is 4.15. The lowest BCUT2D eigenvalue weighted by Gasteiger charge is -2.14. The number of rotatable bonds is 5. The van der Waals surface area contributed by atoms with Crippen LogP contribution < -0.4 is 10.5 Å². The molecule has 1 saturated heterocycles. The standard InChI is InChI=1S/C12H15BrN2O3S2/c13-8-3-4-11(10(6-8)12(14)19)15-20(16,17)7-9-2-1-5-18-9/h3-4,6,9,15H,1-2,5,7H2,(H2,14,19). The second-order valence-electron chi connectivity index (χ2n) is 4.57. The third-order valence-electron chi connectivity index (χ3n) is 2.94. The molecular formula is C12H15BrN2O3S2. The van der Waals surface area contributed by atoms with Gasteiger partial charge in [-0.05, 0) is 31.0 Å². The van der Waals surface area contributed by atoms with E-state index in [1.165, 1.54) is 0 Å². The van der Waals surface area contributed by atoms with Gasteiger partial charge in [0, 0.05) is 16.6 Å². The van der Waals surface area contributed by atoms with E-state index in [-0.39, 0.29) is 16.8 Å². The van der Waals surface area contributed by atoms with Crippen LogP contribution in [0, 0.1) is 0 Å². The molecule has 1 aromatic carbocycles. The van der Waals surface area contributed by atoms with Crippen LogP contribution >= 0.6 is 28.1 Å². The summed E-state index contributed by atoms with van der Waals surface area (Å²) >= 11 is 8.24. The van der Waals surface area contributed by atoms with Gasteiger partial charge in [-0.1, -0.05) is 28.1 Å². The Morgan fingerprint density at radius 3 is 2.90 bits per heavy atom. The first kappa shape index (κ1) is 15.7. The first-order valence-electron chi connectivity index (χ1n) is 6.09. The van der Waals surface area contributed by atoms with E-state index in [9.17, 15) is 8.42 Å². The van der Waals surface area contributed by atoms with Gasteiger partial charge in [0.1, 0.15) is 4.99 Å². The highest BCUT2D eigenvalue weighted by molar-refractivity contribution is 9.10. The molecule has 1 aliphatic heterocycles. The molecule has 0 aliphatic carbocycles. The highest BCUT2D eigenvalue weighted by Gasteiger charge is 2.24. The largest absolute Gasteiger partial charge is 0.389 e. The van der Waals surface area contributed by atoms with Gasteiger partial charge in [-0.3, -0.25) is 4.72 Å². The summed E-state index contributed by atoms with van der Waals surface area (Å²) in [6.45, 7) is 0.622. The van der Waals surface area contributed by atoms with Gasteiger partial charge in [0.2, 0.25) is 10.0 Å². The first-order valence-corrected chi connectivity index (χ1v) is 8.94. The summed E-state index contributed by atoms with van der Waals surface area (Å²) < 4.78 is 32.9. The summed E-state index contributed by atoms with van der Waals surface area (Å²) in [5, 5.41) is 0. The van der Waals surface area contributed by atoms with E-state index in [4.69, 9.17) is 22.7 Å². The summed E-state index contributed by atoms with van der Waals surface area (Å²) in [7, 11) is -3.49. The quantitative estimate of drug-likeness (QED) is 0.765. The predicted octanol–water partition coefficient (Wildman–Crippen LogP) is 2.00. The van der Waals surface area contributed by atoms with Gasteiger partial charge >= 0.3 is 0 Å². The van der Waals surface area contributed by atoms with Crippen molar-refractivity contribution in [2.75, 3.05) is 17.1 Å². The van der Waals surface area contributed by atoms with Crippen molar-refractivity contribution in [3.8, 4) is 0 Å².